The summed E-state index contributed by atoms with van der Waals surface area (Å²) in [4.78, 5) is 11.6. The van der Waals surface area contributed by atoms with Crippen LogP contribution in [0.15, 0.2) is 24.3 Å². The molecule has 21 heavy (non-hydrogen) atoms. The van der Waals surface area contributed by atoms with Gasteiger partial charge in [0.25, 0.3) is 0 Å². The predicted octanol–water partition coefficient (Wildman–Crippen LogP) is 0.345. The second-order valence-corrected chi connectivity index (χ2v) is 7.22. The maximum absolute atomic E-state index is 13.4. The van der Waals surface area contributed by atoms with E-state index in [9.17, 15) is 22.7 Å². The van der Waals surface area contributed by atoms with Crippen molar-refractivity contribution >= 4 is 15.9 Å². The molecule has 0 bridgehead atoms. The average Bonchev–Trinajstić information content (AvgIpc) is 2.75. The van der Waals surface area contributed by atoms with Crippen LogP contribution in [0.3, 0.4) is 0 Å². The second kappa shape index (κ2) is 6.40. The molecule has 0 saturated carbocycles. The van der Waals surface area contributed by atoms with Crippen LogP contribution in [0.2, 0.25) is 0 Å². The van der Waals surface area contributed by atoms with E-state index >= 15 is 0 Å². The summed E-state index contributed by atoms with van der Waals surface area (Å²) in [6.45, 7) is -0.160. The molecule has 2 unspecified atom stereocenters. The Morgan fingerprint density at radius 1 is 1.43 bits per heavy atom. The largest absolute Gasteiger partial charge is 0.386 e. The molecule has 2 atom stereocenters. The molecule has 116 valence electrons. The summed E-state index contributed by atoms with van der Waals surface area (Å²) in [6, 6.07) is 4.76. The van der Waals surface area contributed by atoms with Gasteiger partial charge < -0.3 is 15.7 Å². The van der Waals surface area contributed by atoms with Gasteiger partial charge in [-0.2, -0.15) is 0 Å². The fourth-order valence-corrected chi connectivity index (χ4v) is 3.86. The van der Waals surface area contributed by atoms with E-state index < -0.39 is 33.8 Å². The number of aliphatic hydroxyl groups is 1. The van der Waals surface area contributed by atoms with Crippen molar-refractivity contribution in [2.24, 2.45) is 0 Å². The van der Waals surface area contributed by atoms with Crippen molar-refractivity contribution in [3.05, 3.63) is 35.6 Å². The first-order chi connectivity index (χ1) is 9.87. The van der Waals surface area contributed by atoms with Crippen LogP contribution in [-0.4, -0.2) is 43.6 Å². The highest BCUT2D eigenvalue weighted by Crippen LogP contribution is 2.15. The lowest BCUT2D eigenvalue weighted by atomic mass is 10.1. The lowest BCUT2D eigenvalue weighted by Gasteiger charge is -2.15. The Kier molecular flexibility index (Phi) is 4.79. The van der Waals surface area contributed by atoms with Crippen LogP contribution >= 0.6 is 0 Å². The van der Waals surface area contributed by atoms with Crippen LogP contribution in [0, 0.1) is 5.82 Å². The molecular formula is C13H17FN2O4S. The number of hydrogen-bond acceptors (Lipinski definition) is 4. The number of halogens is 1. The summed E-state index contributed by atoms with van der Waals surface area (Å²) in [5.74, 6) is -0.555. The summed E-state index contributed by atoms with van der Waals surface area (Å²) in [6.07, 6.45) is -0.782. The third kappa shape index (κ3) is 4.40. The summed E-state index contributed by atoms with van der Waals surface area (Å²) >= 11 is 0. The molecule has 1 heterocycles. The van der Waals surface area contributed by atoms with Crippen LogP contribution in [0.1, 0.15) is 18.1 Å². The summed E-state index contributed by atoms with van der Waals surface area (Å²) < 4.78 is 35.9. The number of nitrogens with one attached hydrogen (secondary N) is 2. The third-order valence-corrected chi connectivity index (χ3v) is 5.06. The zero-order valence-electron chi connectivity index (χ0n) is 11.3. The fourth-order valence-electron chi connectivity index (χ4n) is 2.19. The lowest BCUT2D eigenvalue weighted by Crippen LogP contribution is -2.43. The zero-order valence-corrected chi connectivity index (χ0v) is 12.1. The van der Waals surface area contributed by atoms with Crippen LogP contribution < -0.4 is 10.6 Å². The Bertz CT molecular complexity index is 620. The Morgan fingerprint density at radius 2 is 2.14 bits per heavy atom. The van der Waals surface area contributed by atoms with E-state index in [1.165, 1.54) is 18.2 Å². The van der Waals surface area contributed by atoms with E-state index in [-0.39, 0.29) is 23.6 Å². The van der Waals surface area contributed by atoms with Gasteiger partial charge in [0.05, 0.1) is 17.6 Å². The second-order valence-electron chi connectivity index (χ2n) is 4.99. The van der Waals surface area contributed by atoms with Gasteiger partial charge in [-0.3, -0.25) is 0 Å². The van der Waals surface area contributed by atoms with Gasteiger partial charge in [-0.05, 0) is 12.5 Å². The molecule has 1 fully saturated rings. The van der Waals surface area contributed by atoms with Gasteiger partial charge in [0.2, 0.25) is 0 Å². The molecule has 1 aliphatic rings. The minimum Gasteiger partial charge on any atom is -0.386 e. The molecule has 1 aromatic rings. The lowest BCUT2D eigenvalue weighted by molar-refractivity contribution is 0.168. The number of urea groups is 1. The maximum atomic E-state index is 13.4. The Balaban J connectivity index is 1.80. The number of amides is 2. The van der Waals surface area contributed by atoms with E-state index in [0.29, 0.717) is 6.42 Å². The van der Waals surface area contributed by atoms with E-state index in [2.05, 4.69) is 10.6 Å². The molecule has 8 heteroatoms. The predicted molar refractivity (Wildman–Crippen MR) is 75.0 cm³/mol. The first-order valence-corrected chi connectivity index (χ1v) is 8.37. The van der Waals surface area contributed by atoms with Gasteiger partial charge in [0.15, 0.2) is 9.84 Å². The van der Waals surface area contributed by atoms with E-state index in [4.69, 9.17) is 0 Å². The molecule has 2 amide bonds. The van der Waals surface area contributed by atoms with Gasteiger partial charge in [-0.1, -0.05) is 18.2 Å². The van der Waals surface area contributed by atoms with E-state index in [1.54, 1.807) is 6.07 Å². The van der Waals surface area contributed by atoms with Crippen LogP contribution in [0.5, 0.6) is 0 Å². The molecule has 1 aliphatic heterocycles. The van der Waals surface area contributed by atoms with Gasteiger partial charge in [0.1, 0.15) is 5.82 Å². The van der Waals surface area contributed by atoms with Crippen molar-refractivity contribution in [3.63, 3.8) is 0 Å². The first-order valence-electron chi connectivity index (χ1n) is 6.54. The molecular weight excluding hydrogens is 299 g/mol. The molecule has 0 aromatic heterocycles. The highest BCUT2D eigenvalue weighted by Gasteiger charge is 2.28. The molecule has 1 saturated heterocycles. The minimum absolute atomic E-state index is 0.0653. The number of hydrogen-bond donors (Lipinski definition) is 3. The number of sulfone groups is 1. The van der Waals surface area contributed by atoms with Crippen LogP contribution in [0.4, 0.5) is 9.18 Å². The highest BCUT2D eigenvalue weighted by atomic mass is 32.2. The molecule has 1 aromatic carbocycles. The monoisotopic (exact) mass is 316 g/mol. The first kappa shape index (κ1) is 15.7. The van der Waals surface area contributed by atoms with Gasteiger partial charge in [-0.25, -0.2) is 17.6 Å². The van der Waals surface area contributed by atoms with Crippen molar-refractivity contribution < 1.29 is 22.7 Å². The molecule has 3 N–H and O–H groups in total. The van der Waals surface area contributed by atoms with Gasteiger partial charge in [-0.15, -0.1) is 0 Å². The quantitative estimate of drug-likeness (QED) is 0.747. The van der Waals surface area contributed by atoms with Crippen LogP contribution in [0.25, 0.3) is 0 Å². The summed E-state index contributed by atoms with van der Waals surface area (Å²) in [5.41, 5.74) is 0.0984. The SMILES string of the molecule is O=C(NCC(O)c1ccccc1F)NC1CCS(=O)(=O)C1. The van der Waals surface area contributed by atoms with Crippen molar-refractivity contribution in [3.8, 4) is 0 Å². The highest BCUT2D eigenvalue weighted by molar-refractivity contribution is 7.91. The van der Waals surface area contributed by atoms with E-state index in [1.807, 2.05) is 0 Å². The number of benzene rings is 1. The minimum atomic E-state index is -3.06. The average molecular weight is 316 g/mol. The van der Waals surface area contributed by atoms with Crippen molar-refractivity contribution in [1.82, 2.24) is 10.6 Å². The normalized spacial score (nSPS) is 21.7. The smallest absolute Gasteiger partial charge is 0.315 e. The summed E-state index contributed by atoms with van der Waals surface area (Å²) in [5, 5.41) is 14.7. The topological polar surface area (TPSA) is 95.5 Å². The number of carbonyl (C=O) groups excluding carboxylic acids is 1. The summed E-state index contributed by atoms with van der Waals surface area (Å²) in [7, 11) is -3.06. The number of carbonyl (C=O) groups is 1. The molecule has 0 spiro atoms. The number of aliphatic hydroxyl groups excluding tert-OH is 1. The molecule has 2 rings (SSSR count). The van der Waals surface area contributed by atoms with Gasteiger partial charge >= 0.3 is 6.03 Å². The van der Waals surface area contributed by atoms with E-state index in [0.717, 1.165) is 0 Å². The Labute approximate surface area is 122 Å². The molecule has 0 aliphatic carbocycles. The zero-order chi connectivity index (χ0) is 15.5. The Morgan fingerprint density at radius 3 is 2.76 bits per heavy atom. The fraction of sp³-hybridized carbons (Fsp3) is 0.462. The van der Waals surface area contributed by atoms with Crippen molar-refractivity contribution in [1.29, 1.82) is 0 Å². The number of rotatable bonds is 4. The molecule has 6 nitrogen and oxygen atoms in total. The standard InChI is InChI=1S/C13H17FN2O4S/c14-11-4-2-1-3-10(11)12(17)7-15-13(18)16-9-5-6-21(19,20)8-9/h1-4,9,12,17H,5-8H2,(H2,15,16,18). The third-order valence-electron chi connectivity index (χ3n) is 3.29. The maximum Gasteiger partial charge on any atom is 0.315 e. The van der Waals surface area contributed by atoms with Crippen LogP contribution in [-0.2, 0) is 9.84 Å². The Hall–Kier alpha value is -1.67. The van der Waals surface area contributed by atoms with Crippen molar-refractivity contribution in [2.75, 3.05) is 18.1 Å². The van der Waals surface area contributed by atoms with Gasteiger partial charge in [0, 0.05) is 18.2 Å². The molecule has 0 radical (unpaired) electrons. The van der Waals surface area contributed by atoms with Crippen molar-refractivity contribution in [2.45, 2.75) is 18.6 Å².